The molecule has 0 saturated carbocycles. The molecule has 0 saturated heterocycles. The van der Waals surface area contributed by atoms with Crippen molar-refractivity contribution < 1.29 is 47.7 Å². The van der Waals surface area contributed by atoms with Crippen molar-refractivity contribution in [2.75, 3.05) is 0 Å². The molecule has 0 spiro atoms. The molecule has 0 fully saturated rings. The molecular weight excluding hydrogens is 360 g/mol. The van der Waals surface area contributed by atoms with Crippen LogP contribution in [0.15, 0.2) is 0 Å². The third kappa shape index (κ3) is 135. The summed E-state index contributed by atoms with van der Waals surface area (Å²) in [5, 5.41) is 1.49. The molecule has 0 aliphatic carbocycles. The molecule has 0 amide bonds. The Labute approximate surface area is 122 Å². The third-order valence-electron chi connectivity index (χ3n) is 1.10. The van der Waals surface area contributed by atoms with Crippen molar-refractivity contribution in [3.05, 3.63) is 0 Å². The van der Waals surface area contributed by atoms with Gasteiger partial charge in [-0.05, 0) is 23.6 Å². The van der Waals surface area contributed by atoms with E-state index in [2.05, 4.69) is 30.5 Å². The Kier molecular flexibility index (Phi) is 19.7. The van der Waals surface area contributed by atoms with Gasteiger partial charge in [0.15, 0.2) is 0 Å². The van der Waals surface area contributed by atoms with Gasteiger partial charge in [0, 0.05) is 0 Å². The molecule has 0 aliphatic heterocycles. The maximum atomic E-state index is 7.56. The van der Waals surface area contributed by atoms with Crippen molar-refractivity contribution in [1.82, 2.24) is 0 Å². The van der Waals surface area contributed by atoms with Crippen molar-refractivity contribution in [3.63, 3.8) is 0 Å². The van der Waals surface area contributed by atoms with Crippen molar-refractivity contribution in [2.45, 2.75) is 37.6 Å². The molecule has 17 heavy (non-hydrogen) atoms. The van der Waals surface area contributed by atoms with Gasteiger partial charge in [-0.2, -0.15) is 0 Å². The molecule has 0 bridgehead atoms. The Morgan fingerprint density at radius 3 is 1.29 bits per heavy atom. The van der Waals surface area contributed by atoms with Crippen molar-refractivity contribution in [2.24, 2.45) is 0 Å². The molecule has 0 unspecified atom stereocenters. The van der Waals surface area contributed by atoms with Gasteiger partial charge in [0.05, 0.1) is 0 Å². The molecular formula is C6H19O6P2S2Zn. The molecule has 0 atom stereocenters. The van der Waals surface area contributed by atoms with Gasteiger partial charge in [-0.15, -0.1) is 0 Å². The Morgan fingerprint density at radius 1 is 0.824 bits per heavy atom. The summed E-state index contributed by atoms with van der Waals surface area (Å²) in [6.45, 7) is -5.36. The Bertz CT molecular complexity index is 202. The Morgan fingerprint density at radius 2 is 1.12 bits per heavy atom. The molecule has 0 rings (SSSR count). The molecule has 11 heteroatoms. The van der Waals surface area contributed by atoms with Crippen LogP contribution in [0.25, 0.3) is 0 Å². The molecule has 0 aromatic rings. The van der Waals surface area contributed by atoms with E-state index in [1.54, 1.807) is 0 Å². The SMILES string of the molecule is CCCCC[CH2][Zn].OP(O)(O)=S.OP(O)(O)=S. The molecule has 0 radical (unpaired) electrons. The van der Waals surface area contributed by atoms with E-state index in [0.29, 0.717) is 0 Å². The second kappa shape index (κ2) is 14.1. The van der Waals surface area contributed by atoms with E-state index in [9.17, 15) is 0 Å². The second-order valence-corrected chi connectivity index (χ2v) is 9.42. The quantitative estimate of drug-likeness (QED) is 0.242. The summed E-state index contributed by atoms with van der Waals surface area (Å²) < 4.78 is 0. The summed E-state index contributed by atoms with van der Waals surface area (Å²) in [6.07, 6.45) is 5.77. The number of rotatable bonds is 4. The van der Waals surface area contributed by atoms with Crippen LogP contribution in [0.3, 0.4) is 0 Å². The van der Waals surface area contributed by atoms with E-state index >= 15 is 0 Å². The van der Waals surface area contributed by atoms with Crippen LogP contribution in [0.4, 0.5) is 0 Å². The maximum absolute atomic E-state index is 7.56. The van der Waals surface area contributed by atoms with Crippen LogP contribution in [-0.4, -0.2) is 29.4 Å². The van der Waals surface area contributed by atoms with E-state index in [4.69, 9.17) is 29.4 Å². The van der Waals surface area contributed by atoms with E-state index in [0.717, 1.165) is 0 Å². The average Bonchev–Trinajstić information content (AvgIpc) is 1.99. The molecule has 103 valence electrons. The fourth-order valence-electron chi connectivity index (χ4n) is 0.604. The first kappa shape index (κ1) is 23.8. The zero-order chi connectivity index (χ0) is 14.5. The van der Waals surface area contributed by atoms with Gasteiger partial charge in [-0.3, -0.25) is 0 Å². The van der Waals surface area contributed by atoms with Gasteiger partial charge in [0.25, 0.3) is 0 Å². The monoisotopic (exact) mass is 377 g/mol. The topological polar surface area (TPSA) is 121 Å². The van der Waals surface area contributed by atoms with Crippen LogP contribution in [-0.2, 0) is 41.9 Å². The zero-order valence-corrected chi connectivity index (χ0v) is 16.0. The third-order valence-corrected chi connectivity index (χ3v) is 2.15. The largest absolute Gasteiger partial charge is 0.325 e. The Balaban J connectivity index is -0.000000177. The number of unbranched alkanes of at least 4 members (excludes halogenated alkanes) is 3. The van der Waals surface area contributed by atoms with Gasteiger partial charge in [0.2, 0.25) is 0 Å². The number of hydrogen-bond acceptors (Lipinski definition) is 2. The second-order valence-electron chi connectivity index (χ2n) is 2.94. The standard InChI is InChI=1S/C6H13.2H3O3PS.Zn/c1-3-5-6-4-2;2*1-4(2,3)5;/h1,3-6H2,2H3;2*(H3,1,2,3,5);. The Hall–Kier alpha value is 1.68. The van der Waals surface area contributed by atoms with E-state index in [1.165, 1.54) is 49.0 Å². The first-order valence-corrected chi connectivity index (χ1v) is 12.2. The van der Waals surface area contributed by atoms with Gasteiger partial charge < -0.3 is 29.4 Å². The summed E-state index contributed by atoms with van der Waals surface area (Å²) in [5.74, 6) is 0. The zero-order valence-electron chi connectivity index (χ0n) is 9.64. The van der Waals surface area contributed by atoms with Crippen molar-refractivity contribution in [3.8, 4) is 0 Å². The van der Waals surface area contributed by atoms with Gasteiger partial charge >= 0.3 is 69.4 Å². The normalized spacial score (nSPS) is 10.9. The van der Waals surface area contributed by atoms with Crippen molar-refractivity contribution >= 4 is 37.1 Å². The van der Waals surface area contributed by atoms with E-state index < -0.39 is 13.4 Å². The molecule has 0 heterocycles. The average molecular weight is 379 g/mol. The van der Waals surface area contributed by atoms with Crippen LogP contribution in [0, 0.1) is 0 Å². The summed E-state index contributed by atoms with van der Waals surface area (Å²) in [6, 6.07) is 0. The summed E-state index contributed by atoms with van der Waals surface area (Å²) in [4.78, 5) is 45.3. The minimum Gasteiger partial charge on any atom is -0.325 e. The van der Waals surface area contributed by atoms with Crippen molar-refractivity contribution in [1.29, 1.82) is 0 Å². The number of hydrogen-bond donors (Lipinski definition) is 6. The predicted octanol–water partition coefficient (Wildman–Crippen LogP) is 0.907. The van der Waals surface area contributed by atoms with Crippen LogP contribution >= 0.6 is 13.4 Å². The minimum atomic E-state index is -3.81. The summed E-state index contributed by atoms with van der Waals surface area (Å²) in [5.41, 5.74) is 0. The smallest absolute Gasteiger partial charge is 0.319 e. The van der Waals surface area contributed by atoms with Crippen LogP contribution in [0.5, 0.6) is 0 Å². The van der Waals surface area contributed by atoms with E-state index in [-0.39, 0.29) is 0 Å². The van der Waals surface area contributed by atoms with Gasteiger partial charge in [0.1, 0.15) is 0 Å². The maximum Gasteiger partial charge on any atom is 0.319 e. The molecule has 6 nitrogen and oxygen atoms in total. The summed E-state index contributed by atoms with van der Waals surface area (Å²) in [7, 11) is 0. The summed E-state index contributed by atoms with van der Waals surface area (Å²) >= 11 is 8.70. The van der Waals surface area contributed by atoms with Gasteiger partial charge in [-0.1, -0.05) is 0 Å². The van der Waals surface area contributed by atoms with Crippen LogP contribution in [0.1, 0.15) is 32.6 Å². The van der Waals surface area contributed by atoms with Gasteiger partial charge in [-0.25, -0.2) is 0 Å². The minimum absolute atomic E-state index is 1.38. The molecule has 0 aliphatic rings. The van der Waals surface area contributed by atoms with Crippen LogP contribution in [0.2, 0.25) is 5.02 Å². The fourth-order valence-corrected chi connectivity index (χ4v) is 1.35. The fraction of sp³-hybridized carbons (Fsp3) is 1.00. The van der Waals surface area contributed by atoms with Crippen LogP contribution < -0.4 is 0 Å². The molecule has 0 aromatic heterocycles. The first-order valence-electron chi connectivity index (χ1n) is 4.77. The molecule has 6 N–H and O–H groups in total. The first-order chi connectivity index (χ1) is 7.41. The van der Waals surface area contributed by atoms with E-state index in [1.807, 2.05) is 0 Å². The molecule has 0 aromatic carbocycles. The predicted molar refractivity (Wildman–Crippen MR) is 70.8 cm³/mol.